The lowest BCUT2D eigenvalue weighted by atomic mass is 10.1. The van der Waals surface area contributed by atoms with Gasteiger partial charge in [0.1, 0.15) is 11.6 Å². The Bertz CT molecular complexity index is 1710. The molecule has 2 heterocycles. The number of benzene rings is 2. The number of rotatable bonds is 13. The average molecular weight is 693 g/mol. The predicted molar refractivity (Wildman–Crippen MR) is 171 cm³/mol. The number of ether oxygens (including phenoxy) is 1. The number of hydrogen-bond acceptors (Lipinski definition) is 10. The molecule has 1 aromatic heterocycles. The number of halogens is 4. The number of alkyl halides is 3. The van der Waals surface area contributed by atoms with Gasteiger partial charge in [0.2, 0.25) is 5.95 Å². The van der Waals surface area contributed by atoms with E-state index < -0.39 is 50.5 Å². The molecule has 2 aromatic carbocycles. The molecule has 0 radical (unpaired) electrons. The van der Waals surface area contributed by atoms with Gasteiger partial charge in [0.25, 0.3) is 0 Å². The van der Waals surface area contributed by atoms with Crippen molar-refractivity contribution in [3.05, 3.63) is 76.1 Å². The van der Waals surface area contributed by atoms with Crippen LogP contribution >= 0.6 is 11.6 Å². The normalized spacial score (nSPS) is 19.3. The minimum atomic E-state index is -4.58. The van der Waals surface area contributed by atoms with E-state index >= 15 is 0 Å². The Balaban J connectivity index is 1.14. The van der Waals surface area contributed by atoms with Gasteiger partial charge in [-0.25, -0.2) is 8.42 Å². The number of aromatic nitrogens is 3. The quantitative estimate of drug-likeness (QED) is 0.256. The van der Waals surface area contributed by atoms with E-state index in [1.807, 2.05) is 19.2 Å². The number of nitrogens with zero attached hydrogens (tertiary/aromatic N) is 5. The van der Waals surface area contributed by atoms with Crippen LogP contribution in [-0.2, 0) is 21.8 Å². The molecule has 3 aliphatic rings. The Kier molecular flexibility index (Phi) is 9.24. The number of carbonyl (C=O) groups is 1. The molecule has 0 unspecified atom stereocenters. The van der Waals surface area contributed by atoms with Gasteiger partial charge in [-0.1, -0.05) is 48.0 Å². The molecule has 2 aliphatic carbocycles. The van der Waals surface area contributed by atoms with Crippen LogP contribution in [0.5, 0.6) is 6.01 Å². The third-order valence-corrected chi connectivity index (χ3v) is 11.8. The Hall–Kier alpha value is -3.33. The van der Waals surface area contributed by atoms with Gasteiger partial charge >= 0.3 is 12.2 Å². The summed E-state index contributed by atoms with van der Waals surface area (Å²) in [5.74, 6) is -0.805. The first-order chi connectivity index (χ1) is 22.2. The van der Waals surface area contributed by atoms with Crippen LogP contribution in [0.4, 0.5) is 19.1 Å². The Morgan fingerprint density at radius 1 is 0.957 bits per heavy atom. The van der Waals surface area contributed by atoms with E-state index in [9.17, 15) is 26.4 Å². The zero-order chi connectivity index (χ0) is 33.5. The number of nitrogens with one attached hydrogen (secondary N) is 1. The second kappa shape index (κ2) is 12.9. The van der Waals surface area contributed by atoms with Crippen LogP contribution < -0.4 is 10.1 Å². The van der Waals surface area contributed by atoms with E-state index in [1.54, 1.807) is 36.4 Å². The summed E-state index contributed by atoms with van der Waals surface area (Å²) < 4.78 is 69.5. The van der Waals surface area contributed by atoms with E-state index in [0.717, 1.165) is 44.6 Å². The first kappa shape index (κ1) is 33.6. The van der Waals surface area contributed by atoms with Crippen molar-refractivity contribution in [3.8, 4) is 6.01 Å². The molecule has 0 atom stereocenters. The largest absolute Gasteiger partial charge is 0.454 e. The first-order valence-electron chi connectivity index (χ1n) is 15.5. The molecule has 47 heavy (non-hydrogen) atoms. The average Bonchev–Trinajstić information content (AvgIpc) is 3.95. The molecule has 3 fully saturated rings. The van der Waals surface area contributed by atoms with Gasteiger partial charge in [-0.15, -0.1) is 0 Å². The number of sulfone groups is 1. The van der Waals surface area contributed by atoms with Gasteiger partial charge < -0.3 is 15.0 Å². The van der Waals surface area contributed by atoms with Crippen LogP contribution in [0.15, 0.2) is 48.5 Å². The topological polar surface area (TPSA) is 118 Å². The fourth-order valence-corrected chi connectivity index (χ4v) is 7.91. The smallest absolute Gasteiger partial charge is 0.422 e. The van der Waals surface area contributed by atoms with Crippen LogP contribution in [0.2, 0.25) is 5.02 Å². The summed E-state index contributed by atoms with van der Waals surface area (Å²) >= 11 is 6.03. The van der Waals surface area contributed by atoms with Crippen molar-refractivity contribution >= 4 is 33.2 Å². The zero-order valence-electron chi connectivity index (χ0n) is 25.9. The SMILES string of the molecule is CN1CCN(CC2(S(=O)(=O)CC(=O)c3ccc(Cc4nc(NC5(c6ccc(Cl)cc6)CC5)nc(OCC(F)(F)F)n4)cc3)CC2)CC1. The zero-order valence-corrected chi connectivity index (χ0v) is 27.5. The fourth-order valence-electron chi connectivity index (χ4n) is 5.86. The van der Waals surface area contributed by atoms with Crippen LogP contribution in [0.3, 0.4) is 0 Å². The molecule has 15 heteroatoms. The molecule has 1 aliphatic heterocycles. The van der Waals surface area contributed by atoms with Crippen molar-refractivity contribution in [2.45, 2.75) is 48.6 Å². The van der Waals surface area contributed by atoms with Crippen LogP contribution in [0, 0.1) is 0 Å². The summed E-state index contributed by atoms with van der Waals surface area (Å²) in [6.07, 6.45) is -1.83. The molecule has 0 bridgehead atoms. The molecular weight excluding hydrogens is 657 g/mol. The summed E-state index contributed by atoms with van der Waals surface area (Å²) in [4.78, 5) is 30.1. The summed E-state index contributed by atoms with van der Waals surface area (Å²) in [5.41, 5.74) is 1.38. The minimum absolute atomic E-state index is 0.0715. The van der Waals surface area contributed by atoms with Gasteiger partial charge in [-0.3, -0.25) is 9.69 Å². The van der Waals surface area contributed by atoms with Gasteiger partial charge in [0, 0.05) is 49.7 Å². The summed E-state index contributed by atoms with van der Waals surface area (Å²) in [7, 11) is -1.62. The maximum absolute atomic E-state index is 13.4. The molecule has 0 amide bonds. The lowest BCUT2D eigenvalue weighted by Gasteiger charge is -2.34. The summed E-state index contributed by atoms with van der Waals surface area (Å²) in [6, 6.07) is 13.2. The van der Waals surface area contributed by atoms with Gasteiger partial charge in [0.05, 0.1) is 10.3 Å². The van der Waals surface area contributed by atoms with Gasteiger partial charge in [-0.05, 0) is 56.0 Å². The molecule has 252 valence electrons. The van der Waals surface area contributed by atoms with Crippen LogP contribution in [0.1, 0.15) is 53.0 Å². The highest BCUT2D eigenvalue weighted by molar-refractivity contribution is 7.93. The maximum Gasteiger partial charge on any atom is 0.422 e. The van der Waals surface area contributed by atoms with Crippen molar-refractivity contribution in [1.82, 2.24) is 24.8 Å². The van der Waals surface area contributed by atoms with E-state index in [1.165, 1.54) is 0 Å². The van der Waals surface area contributed by atoms with Crippen molar-refractivity contribution in [1.29, 1.82) is 0 Å². The molecule has 2 saturated carbocycles. The Morgan fingerprint density at radius 2 is 1.62 bits per heavy atom. The van der Waals surface area contributed by atoms with Crippen molar-refractivity contribution in [2.24, 2.45) is 0 Å². The molecule has 10 nitrogen and oxygen atoms in total. The summed E-state index contributed by atoms with van der Waals surface area (Å²) in [5, 5.41) is 3.83. The van der Waals surface area contributed by atoms with E-state index in [0.29, 0.717) is 30.0 Å². The number of Topliss-reactive ketones (excluding diaryl/α,β-unsaturated/α-hetero) is 1. The molecule has 0 spiro atoms. The summed E-state index contributed by atoms with van der Waals surface area (Å²) in [6.45, 7) is 2.27. The van der Waals surface area contributed by atoms with Crippen molar-refractivity contribution < 1.29 is 31.1 Å². The highest BCUT2D eigenvalue weighted by Gasteiger charge is 2.55. The number of anilines is 1. The molecule has 3 aromatic rings. The molecule has 1 N–H and O–H groups in total. The fraction of sp³-hybridized carbons (Fsp3) is 0.500. The predicted octanol–water partition coefficient (Wildman–Crippen LogP) is 4.54. The van der Waals surface area contributed by atoms with E-state index in [2.05, 4.69) is 30.1 Å². The van der Waals surface area contributed by atoms with Crippen molar-refractivity contribution in [2.75, 3.05) is 57.4 Å². The van der Waals surface area contributed by atoms with Crippen LogP contribution in [0.25, 0.3) is 0 Å². The standard InChI is InChI=1S/C32H36ClF3N6O4S/c1-41-14-16-42(17-15-41)20-30(10-11-30)47(44,45)19-26(43)23-4-2-22(3-5-23)18-27-37-28(39-29(38-27)46-21-32(34,35)36)40-31(12-13-31)24-6-8-25(33)9-7-24/h2-9H,10-21H2,1H3,(H,37,38,39,40). The van der Waals surface area contributed by atoms with Gasteiger partial charge in [-0.2, -0.15) is 28.1 Å². The van der Waals surface area contributed by atoms with Crippen molar-refractivity contribution in [3.63, 3.8) is 0 Å². The molecular formula is C32H36ClF3N6O4S. The second-order valence-corrected chi connectivity index (χ2v) is 15.6. The Morgan fingerprint density at radius 3 is 2.21 bits per heavy atom. The lowest BCUT2D eigenvalue weighted by molar-refractivity contribution is -0.154. The van der Waals surface area contributed by atoms with Crippen LogP contribution in [-0.4, -0.2) is 102 Å². The van der Waals surface area contributed by atoms with E-state index in [-0.39, 0.29) is 23.8 Å². The highest BCUT2D eigenvalue weighted by Crippen LogP contribution is 2.48. The third-order valence-electron chi connectivity index (χ3n) is 9.06. The number of carbonyl (C=O) groups excluding carboxylic acids is 1. The molecule has 1 saturated heterocycles. The highest BCUT2D eigenvalue weighted by atomic mass is 35.5. The Labute approximate surface area is 276 Å². The minimum Gasteiger partial charge on any atom is -0.454 e. The lowest BCUT2D eigenvalue weighted by Crippen LogP contribution is -2.49. The maximum atomic E-state index is 13.4. The third kappa shape index (κ3) is 8.22. The molecule has 6 rings (SSSR count). The number of likely N-dealkylation sites (N-methyl/N-ethyl adjacent to an activating group) is 1. The monoisotopic (exact) mass is 692 g/mol. The number of ketones is 1. The van der Waals surface area contributed by atoms with Gasteiger partial charge in [0.15, 0.2) is 22.2 Å². The number of hydrogen-bond donors (Lipinski definition) is 1. The van der Waals surface area contributed by atoms with E-state index in [4.69, 9.17) is 16.3 Å². The number of piperazine rings is 1. The first-order valence-corrected chi connectivity index (χ1v) is 17.5. The second-order valence-electron chi connectivity index (χ2n) is 12.8.